The highest BCUT2D eigenvalue weighted by molar-refractivity contribution is 5.52. The van der Waals surface area contributed by atoms with E-state index < -0.39 is 0 Å². The highest BCUT2D eigenvalue weighted by atomic mass is 15.0. The van der Waals surface area contributed by atoms with Crippen molar-refractivity contribution in [2.45, 2.75) is 19.8 Å². The molecule has 0 amide bonds. The van der Waals surface area contributed by atoms with Crippen molar-refractivity contribution >= 4 is 0 Å². The lowest BCUT2D eigenvalue weighted by Gasteiger charge is -2.04. The monoisotopic (exact) mass is 200 g/mol. The Labute approximate surface area is 88.5 Å². The summed E-state index contributed by atoms with van der Waals surface area (Å²) in [5.41, 5.74) is 0.918. The number of hydrogen-bond acceptors (Lipinski definition) is 4. The summed E-state index contributed by atoms with van der Waals surface area (Å²) < 4.78 is 0. The molecule has 0 saturated carbocycles. The molecule has 2 aromatic heterocycles. The van der Waals surface area contributed by atoms with Crippen molar-refractivity contribution in [3.8, 4) is 11.4 Å². The van der Waals surface area contributed by atoms with E-state index in [0.29, 0.717) is 11.7 Å². The molecule has 2 aromatic rings. The second-order valence-electron chi connectivity index (χ2n) is 3.56. The van der Waals surface area contributed by atoms with Crippen LogP contribution in [0.2, 0.25) is 0 Å². The third kappa shape index (κ3) is 2.15. The molecule has 4 nitrogen and oxygen atoms in total. The molecule has 0 aliphatic carbocycles. The predicted molar refractivity (Wildman–Crippen MR) is 57.1 cm³/mol. The molecule has 0 atom stereocenters. The van der Waals surface area contributed by atoms with E-state index >= 15 is 0 Å². The van der Waals surface area contributed by atoms with Gasteiger partial charge in [-0.25, -0.2) is 15.0 Å². The van der Waals surface area contributed by atoms with E-state index in [1.807, 2.05) is 12.1 Å². The number of aromatic nitrogens is 4. The van der Waals surface area contributed by atoms with Crippen LogP contribution in [0.25, 0.3) is 11.4 Å². The average Bonchev–Trinajstić information content (AvgIpc) is 2.30. The fourth-order valence-corrected chi connectivity index (χ4v) is 1.22. The summed E-state index contributed by atoms with van der Waals surface area (Å²) in [4.78, 5) is 16.7. The number of nitrogens with zero attached hydrogens (tertiary/aromatic N) is 4. The Hall–Kier alpha value is -1.84. The van der Waals surface area contributed by atoms with Gasteiger partial charge in [0.1, 0.15) is 12.2 Å². The standard InChI is InChI=1S/C11H12N4/c1-8(2)10-13-7-14-11(15-10)9-4-3-5-12-6-9/h3-8H,1-2H3. The zero-order chi connectivity index (χ0) is 10.7. The Morgan fingerprint density at radius 3 is 2.73 bits per heavy atom. The van der Waals surface area contributed by atoms with Crippen LogP contribution in [0.15, 0.2) is 30.9 Å². The Kier molecular flexibility index (Phi) is 2.67. The molecule has 0 aromatic carbocycles. The van der Waals surface area contributed by atoms with E-state index in [1.165, 1.54) is 0 Å². The molecule has 2 heterocycles. The molecule has 0 saturated heterocycles. The maximum Gasteiger partial charge on any atom is 0.164 e. The number of hydrogen-bond donors (Lipinski definition) is 0. The first-order valence-corrected chi connectivity index (χ1v) is 4.86. The summed E-state index contributed by atoms with van der Waals surface area (Å²) in [6.45, 7) is 4.12. The van der Waals surface area contributed by atoms with Crippen LogP contribution < -0.4 is 0 Å². The summed E-state index contributed by atoms with van der Waals surface area (Å²) in [6, 6.07) is 3.81. The molecule has 0 spiro atoms. The Morgan fingerprint density at radius 2 is 2.07 bits per heavy atom. The van der Waals surface area contributed by atoms with Gasteiger partial charge in [-0.05, 0) is 12.1 Å². The highest BCUT2D eigenvalue weighted by Gasteiger charge is 2.06. The molecule has 0 radical (unpaired) electrons. The average molecular weight is 200 g/mol. The minimum absolute atomic E-state index is 0.309. The van der Waals surface area contributed by atoms with Gasteiger partial charge in [-0.15, -0.1) is 0 Å². The lowest BCUT2D eigenvalue weighted by atomic mass is 10.2. The minimum atomic E-state index is 0.309. The second-order valence-corrected chi connectivity index (χ2v) is 3.56. The molecular weight excluding hydrogens is 188 g/mol. The van der Waals surface area contributed by atoms with Crippen LogP contribution >= 0.6 is 0 Å². The van der Waals surface area contributed by atoms with Gasteiger partial charge < -0.3 is 0 Å². The molecule has 0 aliphatic rings. The molecule has 0 N–H and O–H groups in total. The maximum atomic E-state index is 4.38. The van der Waals surface area contributed by atoms with Gasteiger partial charge in [-0.1, -0.05) is 13.8 Å². The summed E-state index contributed by atoms with van der Waals surface area (Å²) in [7, 11) is 0. The van der Waals surface area contributed by atoms with Gasteiger partial charge in [0.2, 0.25) is 0 Å². The predicted octanol–water partition coefficient (Wildman–Crippen LogP) is 2.06. The first-order chi connectivity index (χ1) is 7.27. The highest BCUT2D eigenvalue weighted by Crippen LogP contribution is 2.14. The largest absolute Gasteiger partial charge is 0.264 e. The van der Waals surface area contributed by atoms with Gasteiger partial charge in [0.25, 0.3) is 0 Å². The van der Waals surface area contributed by atoms with Crippen molar-refractivity contribution in [1.82, 2.24) is 19.9 Å². The smallest absolute Gasteiger partial charge is 0.164 e. The van der Waals surface area contributed by atoms with Crippen molar-refractivity contribution in [2.75, 3.05) is 0 Å². The molecule has 0 bridgehead atoms. The Bertz CT molecular complexity index is 439. The van der Waals surface area contributed by atoms with E-state index in [9.17, 15) is 0 Å². The Balaban J connectivity index is 2.42. The zero-order valence-electron chi connectivity index (χ0n) is 8.75. The Morgan fingerprint density at radius 1 is 1.20 bits per heavy atom. The SMILES string of the molecule is CC(C)c1ncnc(-c2cccnc2)n1. The summed E-state index contributed by atoms with van der Waals surface area (Å²) in [5.74, 6) is 1.80. The molecule has 0 unspecified atom stereocenters. The normalized spacial score (nSPS) is 10.6. The van der Waals surface area contributed by atoms with Crippen molar-refractivity contribution in [3.05, 3.63) is 36.7 Å². The van der Waals surface area contributed by atoms with Crippen LogP contribution in [0.1, 0.15) is 25.6 Å². The first-order valence-electron chi connectivity index (χ1n) is 4.86. The second kappa shape index (κ2) is 4.13. The van der Waals surface area contributed by atoms with Crippen LogP contribution in [0.3, 0.4) is 0 Å². The van der Waals surface area contributed by atoms with E-state index in [2.05, 4.69) is 33.8 Å². The van der Waals surface area contributed by atoms with Gasteiger partial charge in [0, 0.05) is 23.9 Å². The maximum absolute atomic E-state index is 4.38. The van der Waals surface area contributed by atoms with Crippen molar-refractivity contribution in [1.29, 1.82) is 0 Å². The zero-order valence-corrected chi connectivity index (χ0v) is 8.75. The molecule has 15 heavy (non-hydrogen) atoms. The van der Waals surface area contributed by atoms with E-state index in [1.54, 1.807) is 18.7 Å². The van der Waals surface area contributed by atoms with Gasteiger partial charge >= 0.3 is 0 Å². The van der Waals surface area contributed by atoms with E-state index in [0.717, 1.165) is 11.4 Å². The topological polar surface area (TPSA) is 51.6 Å². The molecule has 0 aliphatic heterocycles. The number of pyridine rings is 1. The summed E-state index contributed by atoms with van der Waals surface area (Å²) in [6.07, 6.45) is 5.03. The van der Waals surface area contributed by atoms with Gasteiger partial charge in [-0.3, -0.25) is 4.98 Å². The van der Waals surface area contributed by atoms with Crippen molar-refractivity contribution in [2.24, 2.45) is 0 Å². The van der Waals surface area contributed by atoms with Crippen LogP contribution in [0.4, 0.5) is 0 Å². The van der Waals surface area contributed by atoms with Gasteiger partial charge in [-0.2, -0.15) is 0 Å². The fourth-order valence-electron chi connectivity index (χ4n) is 1.22. The van der Waals surface area contributed by atoms with Crippen molar-refractivity contribution in [3.63, 3.8) is 0 Å². The lowest BCUT2D eigenvalue weighted by Crippen LogP contribution is -2.00. The van der Waals surface area contributed by atoms with Crippen LogP contribution in [0, 0.1) is 0 Å². The quantitative estimate of drug-likeness (QED) is 0.744. The van der Waals surface area contributed by atoms with Crippen molar-refractivity contribution < 1.29 is 0 Å². The van der Waals surface area contributed by atoms with E-state index in [4.69, 9.17) is 0 Å². The molecule has 2 rings (SSSR count). The molecule has 0 fully saturated rings. The van der Waals surface area contributed by atoms with Gasteiger partial charge in [0.15, 0.2) is 5.82 Å². The van der Waals surface area contributed by atoms with Crippen LogP contribution in [-0.4, -0.2) is 19.9 Å². The third-order valence-electron chi connectivity index (χ3n) is 2.03. The molecular formula is C11H12N4. The lowest BCUT2D eigenvalue weighted by molar-refractivity contribution is 0.762. The molecule has 4 heteroatoms. The third-order valence-corrected chi connectivity index (χ3v) is 2.03. The first kappa shape index (κ1) is 9.71. The summed E-state index contributed by atoms with van der Waals surface area (Å²) in [5, 5.41) is 0. The fraction of sp³-hybridized carbons (Fsp3) is 0.273. The van der Waals surface area contributed by atoms with E-state index in [-0.39, 0.29) is 0 Å². The molecule has 76 valence electrons. The minimum Gasteiger partial charge on any atom is -0.264 e. The summed E-state index contributed by atoms with van der Waals surface area (Å²) >= 11 is 0. The number of rotatable bonds is 2. The van der Waals surface area contributed by atoms with Gasteiger partial charge in [0.05, 0.1) is 0 Å². The van der Waals surface area contributed by atoms with Crippen LogP contribution in [0.5, 0.6) is 0 Å². The van der Waals surface area contributed by atoms with Crippen LogP contribution in [-0.2, 0) is 0 Å².